The molecule has 1 aromatic carbocycles. The summed E-state index contributed by atoms with van der Waals surface area (Å²) in [6.07, 6.45) is 5.35. The molecule has 0 saturated heterocycles. The van der Waals surface area contributed by atoms with E-state index in [9.17, 15) is 4.79 Å². The summed E-state index contributed by atoms with van der Waals surface area (Å²) in [4.78, 5) is 17.1. The van der Waals surface area contributed by atoms with E-state index in [0.29, 0.717) is 5.13 Å². The number of hydrogen-bond donors (Lipinski definition) is 1. The lowest BCUT2D eigenvalue weighted by molar-refractivity contribution is -0.111. The van der Waals surface area contributed by atoms with E-state index in [1.165, 1.54) is 22.3 Å². The second-order valence-corrected chi connectivity index (χ2v) is 5.63. The normalized spacial score (nSPS) is 10.8. The van der Waals surface area contributed by atoms with Crippen molar-refractivity contribution in [3.63, 3.8) is 0 Å². The van der Waals surface area contributed by atoms with Gasteiger partial charge in [0.15, 0.2) is 5.13 Å². The highest BCUT2D eigenvalue weighted by molar-refractivity contribution is 7.98. The van der Waals surface area contributed by atoms with Crippen LogP contribution in [-0.4, -0.2) is 17.1 Å². The molecule has 3 nitrogen and oxygen atoms in total. The number of carbonyl (C=O) groups is 1. The van der Waals surface area contributed by atoms with Crippen molar-refractivity contribution in [2.75, 3.05) is 11.6 Å². The summed E-state index contributed by atoms with van der Waals surface area (Å²) in [6.45, 7) is 1.90. The van der Waals surface area contributed by atoms with Gasteiger partial charge in [0.05, 0.1) is 5.69 Å². The number of hydrogen-bond acceptors (Lipinski definition) is 4. The predicted octanol–water partition coefficient (Wildman–Crippen LogP) is 3.83. The second kappa shape index (κ2) is 6.54. The Morgan fingerprint density at radius 1 is 1.37 bits per heavy atom. The van der Waals surface area contributed by atoms with E-state index in [1.807, 2.05) is 42.8 Å². The number of anilines is 1. The third kappa shape index (κ3) is 4.22. The van der Waals surface area contributed by atoms with Crippen molar-refractivity contribution >= 4 is 40.2 Å². The zero-order chi connectivity index (χ0) is 13.7. The predicted molar refractivity (Wildman–Crippen MR) is 82.7 cm³/mol. The molecule has 0 atom stereocenters. The Morgan fingerprint density at radius 3 is 2.68 bits per heavy atom. The number of aryl methyl sites for hydroxylation is 1. The van der Waals surface area contributed by atoms with Crippen molar-refractivity contribution in [2.45, 2.75) is 11.8 Å². The first kappa shape index (κ1) is 13.8. The third-order valence-corrected chi connectivity index (χ3v) is 4.01. The number of thioether (sulfide) groups is 1. The molecular formula is C14H14N2OS2. The van der Waals surface area contributed by atoms with Crippen LogP contribution in [0.4, 0.5) is 5.13 Å². The van der Waals surface area contributed by atoms with Crippen molar-refractivity contribution in [1.29, 1.82) is 0 Å². The number of rotatable bonds is 4. The molecule has 2 aromatic rings. The molecule has 0 spiro atoms. The summed E-state index contributed by atoms with van der Waals surface area (Å²) in [7, 11) is 0. The van der Waals surface area contributed by atoms with Crippen molar-refractivity contribution in [3.8, 4) is 0 Å². The van der Waals surface area contributed by atoms with Crippen LogP contribution < -0.4 is 5.32 Å². The molecule has 5 heteroatoms. The third-order valence-electron chi connectivity index (χ3n) is 2.39. The van der Waals surface area contributed by atoms with E-state index in [2.05, 4.69) is 10.3 Å². The Morgan fingerprint density at radius 2 is 2.11 bits per heavy atom. The zero-order valence-electron chi connectivity index (χ0n) is 10.7. The number of nitrogens with one attached hydrogen (secondary N) is 1. The SMILES string of the molecule is CSc1ccc(/C=C/C(=O)Nc2nc(C)cs2)cc1. The first-order valence-electron chi connectivity index (χ1n) is 5.72. The van der Waals surface area contributed by atoms with E-state index in [1.54, 1.807) is 17.8 Å². The summed E-state index contributed by atoms with van der Waals surface area (Å²) in [5.74, 6) is -0.164. The summed E-state index contributed by atoms with van der Waals surface area (Å²) in [6, 6.07) is 8.05. The quantitative estimate of drug-likeness (QED) is 0.687. The Hall–Kier alpha value is -1.59. The average Bonchev–Trinajstić information content (AvgIpc) is 2.82. The minimum atomic E-state index is -0.164. The Labute approximate surface area is 120 Å². The van der Waals surface area contributed by atoms with Crippen LogP contribution in [0.25, 0.3) is 6.08 Å². The molecule has 0 aliphatic carbocycles. The maximum Gasteiger partial charge on any atom is 0.250 e. The lowest BCUT2D eigenvalue weighted by atomic mass is 10.2. The van der Waals surface area contributed by atoms with Crippen LogP contribution in [-0.2, 0) is 4.79 Å². The molecule has 0 radical (unpaired) electrons. The van der Waals surface area contributed by atoms with Gasteiger partial charge in [-0.3, -0.25) is 10.1 Å². The number of amides is 1. The van der Waals surface area contributed by atoms with E-state index < -0.39 is 0 Å². The van der Waals surface area contributed by atoms with Crippen LogP contribution in [0.2, 0.25) is 0 Å². The zero-order valence-corrected chi connectivity index (χ0v) is 12.3. The van der Waals surface area contributed by atoms with Crippen LogP contribution >= 0.6 is 23.1 Å². The molecule has 0 aliphatic rings. The summed E-state index contributed by atoms with van der Waals surface area (Å²) in [5.41, 5.74) is 1.92. The number of benzene rings is 1. The molecule has 1 aromatic heterocycles. The van der Waals surface area contributed by atoms with Crippen molar-refractivity contribution in [1.82, 2.24) is 4.98 Å². The van der Waals surface area contributed by atoms with Gasteiger partial charge >= 0.3 is 0 Å². The van der Waals surface area contributed by atoms with Gasteiger partial charge in [-0.2, -0.15) is 0 Å². The van der Waals surface area contributed by atoms with Crippen LogP contribution in [0.15, 0.2) is 40.6 Å². The van der Waals surface area contributed by atoms with Crippen molar-refractivity contribution in [2.24, 2.45) is 0 Å². The van der Waals surface area contributed by atoms with Gasteiger partial charge in [0.25, 0.3) is 0 Å². The standard InChI is InChI=1S/C14H14N2OS2/c1-10-9-19-14(15-10)16-13(17)8-5-11-3-6-12(18-2)7-4-11/h3-9H,1-2H3,(H,15,16,17)/b8-5+. The molecule has 19 heavy (non-hydrogen) atoms. The molecule has 1 amide bonds. The number of thiazole rings is 1. The van der Waals surface area contributed by atoms with Crippen molar-refractivity contribution in [3.05, 3.63) is 47.0 Å². The van der Waals surface area contributed by atoms with Gasteiger partial charge in [-0.15, -0.1) is 23.1 Å². The van der Waals surface area contributed by atoms with Crippen LogP contribution in [0, 0.1) is 6.92 Å². The van der Waals surface area contributed by atoms with Gasteiger partial charge in [-0.1, -0.05) is 12.1 Å². The van der Waals surface area contributed by atoms with Gasteiger partial charge in [0.1, 0.15) is 0 Å². The Balaban J connectivity index is 1.95. The lowest BCUT2D eigenvalue weighted by Crippen LogP contribution is -2.07. The minimum absolute atomic E-state index is 0.164. The first-order chi connectivity index (χ1) is 9.17. The monoisotopic (exact) mass is 290 g/mol. The molecule has 0 aliphatic heterocycles. The van der Waals surface area contributed by atoms with Gasteiger partial charge in [-0.05, 0) is 37.0 Å². The molecule has 98 valence electrons. The fraction of sp³-hybridized carbons (Fsp3) is 0.143. The van der Waals surface area contributed by atoms with Gasteiger partial charge in [-0.25, -0.2) is 4.98 Å². The van der Waals surface area contributed by atoms with E-state index in [4.69, 9.17) is 0 Å². The van der Waals surface area contributed by atoms with Crippen LogP contribution in [0.3, 0.4) is 0 Å². The molecule has 2 rings (SSSR count). The first-order valence-corrected chi connectivity index (χ1v) is 7.83. The molecule has 0 fully saturated rings. The molecule has 1 N–H and O–H groups in total. The largest absolute Gasteiger partial charge is 0.298 e. The molecule has 0 saturated carbocycles. The fourth-order valence-corrected chi connectivity index (χ4v) is 2.54. The summed E-state index contributed by atoms with van der Waals surface area (Å²) >= 11 is 3.12. The van der Waals surface area contributed by atoms with Gasteiger partial charge in [0.2, 0.25) is 5.91 Å². The smallest absolute Gasteiger partial charge is 0.250 e. The van der Waals surface area contributed by atoms with E-state index >= 15 is 0 Å². The van der Waals surface area contributed by atoms with Crippen LogP contribution in [0.5, 0.6) is 0 Å². The topological polar surface area (TPSA) is 42.0 Å². The molecule has 0 bridgehead atoms. The second-order valence-electron chi connectivity index (χ2n) is 3.89. The molecule has 1 heterocycles. The highest BCUT2D eigenvalue weighted by Gasteiger charge is 2.01. The lowest BCUT2D eigenvalue weighted by Gasteiger charge is -1.98. The van der Waals surface area contributed by atoms with E-state index in [0.717, 1.165) is 11.3 Å². The highest BCUT2D eigenvalue weighted by atomic mass is 32.2. The van der Waals surface area contributed by atoms with Gasteiger partial charge in [0, 0.05) is 16.4 Å². The maximum absolute atomic E-state index is 11.7. The average molecular weight is 290 g/mol. The van der Waals surface area contributed by atoms with E-state index in [-0.39, 0.29) is 5.91 Å². The number of carbonyl (C=O) groups excluding carboxylic acids is 1. The minimum Gasteiger partial charge on any atom is -0.298 e. The van der Waals surface area contributed by atoms with Crippen molar-refractivity contribution < 1.29 is 4.79 Å². The highest BCUT2D eigenvalue weighted by Crippen LogP contribution is 2.16. The molecule has 0 unspecified atom stereocenters. The fourth-order valence-electron chi connectivity index (χ4n) is 1.45. The Bertz CT molecular complexity index is 588. The van der Waals surface area contributed by atoms with Gasteiger partial charge < -0.3 is 0 Å². The summed E-state index contributed by atoms with van der Waals surface area (Å²) in [5, 5.41) is 5.27. The summed E-state index contributed by atoms with van der Waals surface area (Å²) < 4.78 is 0. The number of aromatic nitrogens is 1. The maximum atomic E-state index is 11.7. The van der Waals surface area contributed by atoms with Crippen LogP contribution in [0.1, 0.15) is 11.3 Å². The molecular weight excluding hydrogens is 276 g/mol. The number of nitrogens with zero attached hydrogens (tertiary/aromatic N) is 1. The Kier molecular flexibility index (Phi) is 4.76.